The first-order valence-corrected chi connectivity index (χ1v) is 6.22. The third-order valence-corrected chi connectivity index (χ3v) is 3.43. The first-order valence-electron chi connectivity index (χ1n) is 6.22. The molecule has 0 aromatic rings. The maximum absolute atomic E-state index is 5.73. The molecule has 1 aliphatic heterocycles. The number of ether oxygens (including phenoxy) is 1. The van der Waals surface area contributed by atoms with E-state index >= 15 is 0 Å². The van der Waals surface area contributed by atoms with Crippen LogP contribution in [0.15, 0.2) is 0 Å². The Bertz CT molecular complexity index is 156. The Balaban J connectivity index is 2.08. The van der Waals surface area contributed by atoms with Crippen molar-refractivity contribution in [3.8, 4) is 0 Å². The van der Waals surface area contributed by atoms with E-state index in [-0.39, 0.29) is 0 Å². The zero-order chi connectivity index (χ0) is 11.1. The van der Waals surface area contributed by atoms with Gasteiger partial charge in [0.05, 0.1) is 0 Å². The quantitative estimate of drug-likeness (QED) is 0.699. The van der Waals surface area contributed by atoms with Crippen molar-refractivity contribution in [3.05, 3.63) is 0 Å². The van der Waals surface area contributed by atoms with Gasteiger partial charge in [0.15, 0.2) is 0 Å². The van der Waals surface area contributed by atoms with Gasteiger partial charge < -0.3 is 15.8 Å². The predicted octanol–water partition coefficient (Wildman–Crippen LogP) is 1.23. The Morgan fingerprint density at radius 2 is 2.00 bits per heavy atom. The molecular formula is C12H26N2O. The van der Waals surface area contributed by atoms with Crippen molar-refractivity contribution in [1.82, 2.24) is 5.32 Å². The second-order valence-electron chi connectivity index (χ2n) is 4.95. The van der Waals surface area contributed by atoms with Crippen molar-refractivity contribution in [2.75, 3.05) is 32.8 Å². The van der Waals surface area contributed by atoms with Gasteiger partial charge in [-0.1, -0.05) is 13.8 Å². The average Bonchev–Trinajstić information content (AvgIpc) is 2.25. The Hall–Kier alpha value is -0.120. The summed E-state index contributed by atoms with van der Waals surface area (Å²) in [5.41, 5.74) is 5.73. The summed E-state index contributed by atoms with van der Waals surface area (Å²) >= 11 is 0. The summed E-state index contributed by atoms with van der Waals surface area (Å²) in [6, 6.07) is 0. The van der Waals surface area contributed by atoms with Crippen LogP contribution in [-0.2, 0) is 4.74 Å². The highest BCUT2D eigenvalue weighted by molar-refractivity contribution is 4.70. The number of rotatable bonds is 6. The van der Waals surface area contributed by atoms with Gasteiger partial charge in [0, 0.05) is 13.2 Å². The minimum atomic E-state index is 0.616. The van der Waals surface area contributed by atoms with Crippen molar-refractivity contribution in [2.24, 2.45) is 23.5 Å². The standard InChI is InChI=1S/C12H26N2O/c1-10(2)12(7-13)9-14-8-11-3-5-15-6-4-11/h10-12,14H,3-9,13H2,1-2H3. The van der Waals surface area contributed by atoms with Crippen LogP contribution in [-0.4, -0.2) is 32.8 Å². The molecule has 3 nitrogen and oxygen atoms in total. The molecule has 1 atom stereocenters. The fraction of sp³-hybridized carbons (Fsp3) is 1.00. The Morgan fingerprint density at radius 3 is 2.53 bits per heavy atom. The van der Waals surface area contributed by atoms with Crippen molar-refractivity contribution in [2.45, 2.75) is 26.7 Å². The highest BCUT2D eigenvalue weighted by Gasteiger charge is 2.15. The van der Waals surface area contributed by atoms with Crippen LogP contribution in [0.2, 0.25) is 0 Å². The molecule has 1 fully saturated rings. The summed E-state index contributed by atoms with van der Waals surface area (Å²) in [5, 5.41) is 3.55. The molecule has 3 heteroatoms. The zero-order valence-electron chi connectivity index (χ0n) is 10.2. The molecule has 1 unspecified atom stereocenters. The molecule has 1 rings (SSSR count). The fourth-order valence-electron chi connectivity index (χ4n) is 2.01. The van der Waals surface area contributed by atoms with Gasteiger partial charge in [-0.05, 0) is 50.2 Å². The lowest BCUT2D eigenvalue weighted by molar-refractivity contribution is 0.0659. The topological polar surface area (TPSA) is 47.3 Å². The first kappa shape index (κ1) is 12.9. The van der Waals surface area contributed by atoms with Crippen LogP contribution in [0.5, 0.6) is 0 Å². The van der Waals surface area contributed by atoms with Gasteiger partial charge in [-0.25, -0.2) is 0 Å². The molecule has 0 aromatic carbocycles. The second-order valence-corrected chi connectivity index (χ2v) is 4.95. The molecule has 1 saturated heterocycles. The smallest absolute Gasteiger partial charge is 0.0469 e. The number of nitrogens with one attached hydrogen (secondary N) is 1. The number of hydrogen-bond acceptors (Lipinski definition) is 3. The van der Waals surface area contributed by atoms with Crippen LogP contribution in [0.25, 0.3) is 0 Å². The lowest BCUT2D eigenvalue weighted by Crippen LogP contribution is -2.35. The van der Waals surface area contributed by atoms with E-state index in [2.05, 4.69) is 19.2 Å². The Morgan fingerprint density at radius 1 is 1.33 bits per heavy atom. The summed E-state index contributed by atoms with van der Waals surface area (Å²) in [5.74, 6) is 2.10. The fourth-order valence-corrected chi connectivity index (χ4v) is 2.01. The van der Waals surface area contributed by atoms with E-state index in [9.17, 15) is 0 Å². The van der Waals surface area contributed by atoms with Crippen LogP contribution in [0.3, 0.4) is 0 Å². The van der Waals surface area contributed by atoms with Gasteiger partial charge in [0.2, 0.25) is 0 Å². The number of hydrogen-bond donors (Lipinski definition) is 2. The van der Waals surface area contributed by atoms with E-state index in [1.165, 1.54) is 12.8 Å². The van der Waals surface area contributed by atoms with E-state index in [0.717, 1.165) is 38.8 Å². The van der Waals surface area contributed by atoms with Crippen molar-refractivity contribution < 1.29 is 4.74 Å². The van der Waals surface area contributed by atoms with Crippen LogP contribution in [0, 0.1) is 17.8 Å². The molecule has 0 amide bonds. The average molecular weight is 214 g/mol. The molecule has 1 aliphatic rings. The van der Waals surface area contributed by atoms with Crippen molar-refractivity contribution in [3.63, 3.8) is 0 Å². The SMILES string of the molecule is CC(C)C(CN)CNCC1CCOCC1. The van der Waals surface area contributed by atoms with Gasteiger partial charge in [-0.3, -0.25) is 0 Å². The van der Waals surface area contributed by atoms with Crippen molar-refractivity contribution >= 4 is 0 Å². The van der Waals surface area contributed by atoms with Gasteiger partial charge in [0.25, 0.3) is 0 Å². The molecule has 0 bridgehead atoms. The van der Waals surface area contributed by atoms with E-state index in [4.69, 9.17) is 10.5 Å². The first-order chi connectivity index (χ1) is 7.24. The normalized spacial score (nSPS) is 20.8. The molecule has 0 spiro atoms. The van der Waals surface area contributed by atoms with Gasteiger partial charge in [-0.15, -0.1) is 0 Å². The Labute approximate surface area is 93.8 Å². The maximum atomic E-state index is 5.73. The summed E-state index contributed by atoms with van der Waals surface area (Å²) in [4.78, 5) is 0. The van der Waals surface area contributed by atoms with Gasteiger partial charge in [-0.2, -0.15) is 0 Å². The second kappa shape index (κ2) is 7.20. The highest BCUT2D eigenvalue weighted by Crippen LogP contribution is 2.14. The predicted molar refractivity (Wildman–Crippen MR) is 63.8 cm³/mol. The zero-order valence-corrected chi connectivity index (χ0v) is 10.2. The molecule has 15 heavy (non-hydrogen) atoms. The van der Waals surface area contributed by atoms with Crippen LogP contribution in [0.1, 0.15) is 26.7 Å². The summed E-state index contributed by atoms with van der Waals surface area (Å²) in [7, 11) is 0. The van der Waals surface area contributed by atoms with Gasteiger partial charge in [0.1, 0.15) is 0 Å². The monoisotopic (exact) mass is 214 g/mol. The summed E-state index contributed by atoms with van der Waals surface area (Å²) < 4.78 is 5.34. The largest absolute Gasteiger partial charge is 0.381 e. The minimum absolute atomic E-state index is 0.616. The molecule has 0 aromatic heterocycles. The Kier molecular flexibility index (Phi) is 6.22. The highest BCUT2D eigenvalue weighted by atomic mass is 16.5. The van der Waals surface area contributed by atoms with Crippen LogP contribution in [0.4, 0.5) is 0 Å². The molecule has 0 radical (unpaired) electrons. The molecule has 0 aliphatic carbocycles. The van der Waals surface area contributed by atoms with Gasteiger partial charge >= 0.3 is 0 Å². The molecule has 90 valence electrons. The summed E-state index contributed by atoms with van der Waals surface area (Å²) in [6.45, 7) is 9.35. The third-order valence-electron chi connectivity index (χ3n) is 3.43. The number of nitrogens with two attached hydrogens (primary N) is 1. The van der Waals surface area contributed by atoms with E-state index in [1.54, 1.807) is 0 Å². The van der Waals surface area contributed by atoms with Crippen LogP contribution >= 0.6 is 0 Å². The van der Waals surface area contributed by atoms with Crippen molar-refractivity contribution in [1.29, 1.82) is 0 Å². The molecule has 0 saturated carbocycles. The minimum Gasteiger partial charge on any atom is -0.381 e. The molecular weight excluding hydrogens is 188 g/mol. The molecule has 1 heterocycles. The van der Waals surface area contributed by atoms with E-state index in [1.807, 2.05) is 0 Å². The van der Waals surface area contributed by atoms with Crippen LogP contribution < -0.4 is 11.1 Å². The maximum Gasteiger partial charge on any atom is 0.0469 e. The third kappa shape index (κ3) is 4.96. The molecule has 3 N–H and O–H groups in total. The lowest BCUT2D eigenvalue weighted by Gasteiger charge is -2.24. The van der Waals surface area contributed by atoms with E-state index in [0.29, 0.717) is 11.8 Å². The lowest BCUT2D eigenvalue weighted by atomic mass is 9.95. The summed E-state index contributed by atoms with van der Waals surface area (Å²) in [6.07, 6.45) is 2.42. The van der Waals surface area contributed by atoms with E-state index < -0.39 is 0 Å².